The molecular formula is C20H20F2N4O3. The number of hydrogen-bond donors (Lipinski definition) is 1. The number of amides is 3. The molecule has 1 saturated heterocycles. The molecule has 0 bridgehead atoms. The number of carbonyl (C=O) groups excluding carboxylic acids is 3. The Bertz CT molecular complexity index is 974. The number of aromatic nitrogens is 2. The van der Waals surface area contributed by atoms with Gasteiger partial charge in [-0.25, -0.2) is 18.6 Å². The SMILES string of the molecule is Cn1ccnc1-c1ccc(C(=O)CN2C(=O)NC3(CCC(F)(F)CC3)C2=O)cc1. The monoisotopic (exact) mass is 402 g/mol. The van der Waals surface area contributed by atoms with Crippen LogP contribution in [0.1, 0.15) is 36.0 Å². The van der Waals surface area contributed by atoms with Gasteiger partial charge in [0.25, 0.3) is 5.91 Å². The first-order valence-electron chi connectivity index (χ1n) is 9.34. The second kappa shape index (κ2) is 6.75. The molecule has 0 unspecified atom stereocenters. The van der Waals surface area contributed by atoms with Gasteiger partial charge in [0.05, 0.1) is 6.54 Å². The Hall–Kier alpha value is -3.10. The summed E-state index contributed by atoms with van der Waals surface area (Å²) in [4.78, 5) is 42.7. The van der Waals surface area contributed by atoms with Crippen molar-refractivity contribution in [2.75, 3.05) is 6.54 Å². The number of alkyl halides is 2. The van der Waals surface area contributed by atoms with E-state index in [-0.39, 0.29) is 12.8 Å². The second-order valence-electron chi connectivity index (χ2n) is 7.62. The van der Waals surface area contributed by atoms with E-state index in [4.69, 9.17) is 0 Å². The van der Waals surface area contributed by atoms with Gasteiger partial charge in [-0.15, -0.1) is 0 Å². The normalized spacial score (nSPS) is 20.2. The van der Waals surface area contributed by atoms with Crippen LogP contribution in [0.15, 0.2) is 36.7 Å². The number of carbonyl (C=O) groups is 3. The highest BCUT2D eigenvalue weighted by atomic mass is 19.3. The van der Waals surface area contributed by atoms with E-state index in [0.29, 0.717) is 5.56 Å². The zero-order valence-electron chi connectivity index (χ0n) is 15.8. The molecule has 3 amide bonds. The third kappa shape index (κ3) is 3.41. The van der Waals surface area contributed by atoms with Crippen LogP contribution < -0.4 is 5.32 Å². The molecule has 2 aliphatic rings. The van der Waals surface area contributed by atoms with Gasteiger partial charge in [-0.1, -0.05) is 24.3 Å². The Morgan fingerprint density at radius 3 is 2.38 bits per heavy atom. The molecule has 2 heterocycles. The van der Waals surface area contributed by atoms with Crippen molar-refractivity contribution in [2.24, 2.45) is 7.05 Å². The third-order valence-corrected chi connectivity index (χ3v) is 5.67. The largest absolute Gasteiger partial charge is 0.334 e. The first-order chi connectivity index (χ1) is 13.7. The van der Waals surface area contributed by atoms with E-state index in [0.717, 1.165) is 16.3 Å². The summed E-state index contributed by atoms with van der Waals surface area (Å²) in [6.45, 7) is -0.426. The summed E-state index contributed by atoms with van der Waals surface area (Å²) in [5.74, 6) is -3.09. The fraction of sp³-hybridized carbons (Fsp3) is 0.400. The smallest absolute Gasteiger partial charge is 0.325 e. The van der Waals surface area contributed by atoms with Gasteiger partial charge in [-0.3, -0.25) is 14.5 Å². The number of aryl methyl sites for hydroxylation is 1. The van der Waals surface area contributed by atoms with Crippen LogP contribution in [-0.2, 0) is 11.8 Å². The van der Waals surface area contributed by atoms with Gasteiger partial charge < -0.3 is 9.88 Å². The molecule has 1 aromatic heterocycles. The standard InChI is InChI=1S/C20H20F2N4O3/c1-25-11-10-23-16(25)14-4-2-13(3-5-14)15(27)12-26-17(28)19(24-18(26)29)6-8-20(21,22)9-7-19/h2-5,10-11H,6-9,12H2,1H3,(H,24,29). The number of imide groups is 1. The fourth-order valence-electron chi connectivity index (χ4n) is 3.89. The zero-order chi connectivity index (χ0) is 20.8. The van der Waals surface area contributed by atoms with Crippen LogP contribution in [0.5, 0.6) is 0 Å². The van der Waals surface area contributed by atoms with Crippen LogP contribution in [0.25, 0.3) is 11.4 Å². The number of nitrogens with zero attached hydrogens (tertiary/aromatic N) is 3. The van der Waals surface area contributed by atoms with Crippen LogP contribution in [0, 0.1) is 0 Å². The summed E-state index contributed by atoms with van der Waals surface area (Å²) < 4.78 is 28.8. The molecule has 0 radical (unpaired) electrons. The highest BCUT2D eigenvalue weighted by Gasteiger charge is 2.55. The van der Waals surface area contributed by atoms with E-state index in [9.17, 15) is 23.2 Å². The number of nitrogens with one attached hydrogen (secondary N) is 1. The van der Waals surface area contributed by atoms with Crippen molar-refractivity contribution < 1.29 is 23.2 Å². The molecular weight excluding hydrogens is 382 g/mol. The molecule has 1 aromatic carbocycles. The number of Topliss-reactive ketones (excluding diaryl/α,β-unsaturated/α-hetero) is 1. The Kier molecular flexibility index (Phi) is 4.48. The molecule has 4 rings (SSSR count). The van der Waals surface area contributed by atoms with Gasteiger partial charge in [-0.2, -0.15) is 0 Å². The lowest BCUT2D eigenvalue weighted by molar-refractivity contribution is -0.135. The van der Waals surface area contributed by atoms with Crippen molar-refractivity contribution in [1.29, 1.82) is 0 Å². The molecule has 2 fully saturated rings. The first-order valence-corrected chi connectivity index (χ1v) is 9.34. The average Bonchev–Trinajstić information content (AvgIpc) is 3.21. The van der Waals surface area contributed by atoms with E-state index in [1.807, 2.05) is 17.8 Å². The minimum Gasteiger partial charge on any atom is -0.334 e. The first kappa shape index (κ1) is 19.2. The van der Waals surface area contributed by atoms with E-state index in [2.05, 4.69) is 10.3 Å². The molecule has 152 valence electrons. The van der Waals surface area contributed by atoms with Crippen LogP contribution in [0.4, 0.5) is 13.6 Å². The number of ketones is 1. The predicted molar refractivity (Wildman–Crippen MR) is 99.4 cm³/mol. The van der Waals surface area contributed by atoms with E-state index >= 15 is 0 Å². The van der Waals surface area contributed by atoms with Gasteiger partial charge in [0.15, 0.2) is 5.78 Å². The zero-order valence-corrected chi connectivity index (χ0v) is 15.8. The molecule has 29 heavy (non-hydrogen) atoms. The third-order valence-electron chi connectivity index (χ3n) is 5.67. The number of rotatable bonds is 4. The van der Waals surface area contributed by atoms with Crippen LogP contribution >= 0.6 is 0 Å². The molecule has 9 heteroatoms. The maximum absolute atomic E-state index is 13.5. The fourth-order valence-corrected chi connectivity index (χ4v) is 3.89. The maximum atomic E-state index is 13.5. The Labute approximate surface area is 165 Å². The summed E-state index contributed by atoms with van der Waals surface area (Å²) in [6, 6.07) is 6.00. The molecule has 0 atom stereocenters. The van der Waals surface area contributed by atoms with Crippen molar-refractivity contribution in [3.63, 3.8) is 0 Å². The van der Waals surface area contributed by atoms with Gasteiger partial charge in [-0.05, 0) is 12.8 Å². The molecule has 2 aromatic rings. The van der Waals surface area contributed by atoms with Gasteiger partial charge >= 0.3 is 6.03 Å². The predicted octanol–water partition coefficient (Wildman–Crippen LogP) is 2.77. The van der Waals surface area contributed by atoms with Crippen molar-refractivity contribution in [3.8, 4) is 11.4 Å². The molecule has 1 aliphatic carbocycles. The number of halogens is 2. The van der Waals surface area contributed by atoms with Crippen LogP contribution in [-0.4, -0.2) is 50.2 Å². The topological polar surface area (TPSA) is 84.3 Å². The van der Waals surface area contributed by atoms with Crippen molar-refractivity contribution in [2.45, 2.75) is 37.1 Å². The molecule has 7 nitrogen and oxygen atoms in total. The van der Waals surface area contributed by atoms with E-state index < -0.39 is 48.6 Å². The minimum absolute atomic E-state index is 0.131. The van der Waals surface area contributed by atoms with Crippen LogP contribution in [0.3, 0.4) is 0 Å². The lowest BCUT2D eigenvalue weighted by Crippen LogP contribution is -2.51. The number of hydrogen-bond acceptors (Lipinski definition) is 4. The highest BCUT2D eigenvalue weighted by molar-refractivity contribution is 6.11. The minimum atomic E-state index is -2.82. The summed E-state index contributed by atoms with van der Waals surface area (Å²) in [5, 5.41) is 2.54. The van der Waals surface area contributed by atoms with E-state index in [1.165, 1.54) is 0 Å². The highest BCUT2D eigenvalue weighted by Crippen LogP contribution is 2.41. The van der Waals surface area contributed by atoms with Crippen molar-refractivity contribution in [3.05, 3.63) is 42.2 Å². The van der Waals surface area contributed by atoms with Gasteiger partial charge in [0, 0.05) is 43.4 Å². The quantitative estimate of drug-likeness (QED) is 0.630. The van der Waals surface area contributed by atoms with Gasteiger partial charge in [0.2, 0.25) is 5.92 Å². The summed E-state index contributed by atoms with van der Waals surface area (Å²) >= 11 is 0. The van der Waals surface area contributed by atoms with Crippen LogP contribution in [0.2, 0.25) is 0 Å². The molecule has 1 saturated carbocycles. The Morgan fingerprint density at radius 1 is 1.14 bits per heavy atom. The molecule has 1 N–H and O–H groups in total. The van der Waals surface area contributed by atoms with E-state index in [1.54, 1.807) is 30.5 Å². The molecule has 1 spiro atoms. The lowest BCUT2D eigenvalue weighted by atomic mass is 9.80. The Balaban J connectivity index is 1.46. The summed E-state index contributed by atoms with van der Waals surface area (Å²) in [6.07, 6.45) is 2.29. The summed E-state index contributed by atoms with van der Waals surface area (Å²) in [5.41, 5.74) is -0.146. The van der Waals surface area contributed by atoms with Crippen molar-refractivity contribution in [1.82, 2.24) is 19.8 Å². The van der Waals surface area contributed by atoms with Crippen molar-refractivity contribution >= 4 is 17.7 Å². The number of urea groups is 1. The van der Waals surface area contributed by atoms with Gasteiger partial charge in [0.1, 0.15) is 11.4 Å². The average molecular weight is 402 g/mol. The lowest BCUT2D eigenvalue weighted by Gasteiger charge is -2.34. The second-order valence-corrected chi connectivity index (χ2v) is 7.62. The Morgan fingerprint density at radius 2 is 1.79 bits per heavy atom. The molecule has 1 aliphatic heterocycles. The number of benzene rings is 1. The maximum Gasteiger partial charge on any atom is 0.325 e. The summed E-state index contributed by atoms with van der Waals surface area (Å²) in [7, 11) is 1.86. The number of imidazole rings is 1.